The van der Waals surface area contributed by atoms with Crippen LogP contribution < -0.4 is 10.1 Å². The van der Waals surface area contributed by atoms with Gasteiger partial charge < -0.3 is 14.6 Å². The van der Waals surface area contributed by atoms with Crippen LogP contribution in [0.5, 0.6) is 5.75 Å². The fourth-order valence-corrected chi connectivity index (χ4v) is 4.31. The van der Waals surface area contributed by atoms with Crippen molar-refractivity contribution in [3.63, 3.8) is 0 Å². The first-order valence-electron chi connectivity index (χ1n) is 10.3. The number of aryl methyl sites for hydroxylation is 1. The summed E-state index contributed by atoms with van der Waals surface area (Å²) >= 11 is 0. The molecule has 2 aromatic carbocycles. The van der Waals surface area contributed by atoms with Crippen molar-refractivity contribution in [2.24, 2.45) is 5.92 Å². The zero-order chi connectivity index (χ0) is 20.4. The Balaban J connectivity index is 1.49. The number of hydrogen-bond donors (Lipinski definition) is 1. The van der Waals surface area contributed by atoms with Crippen molar-refractivity contribution in [3.8, 4) is 11.4 Å². The van der Waals surface area contributed by atoms with Crippen molar-refractivity contribution in [2.45, 2.75) is 39.7 Å². The van der Waals surface area contributed by atoms with E-state index >= 15 is 0 Å². The smallest absolute Gasteiger partial charge is 0.251 e. The maximum Gasteiger partial charge on any atom is 0.251 e. The highest BCUT2D eigenvalue weighted by molar-refractivity contribution is 5.94. The molecule has 1 aliphatic rings. The Morgan fingerprint density at radius 2 is 1.93 bits per heavy atom. The van der Waals surface area contributed by atoms with Gasteiger partial charge in [0, 0.05) is 34.7 Å². The minimum absolute atomic E-state index is 0.0810. The lowest BCUT2D eigenvalue weighted by Gasteiger charge is -2.21. The number of nitrogens with zero attached hydrogens (tertiary/aromatic N) is 1. The monoisotopic (exact) mass is 388 g/mol. The summed E-state index contributed by atoms with van der Waals surface area (Å²) in [6.45, 7) is 4.93. The van der Waals surface area contributed by atoms with Crippen LogP contribution >= 0.6 is 0 Å². The van der Waals surface area contributed by atoms with E-state index in [-0.39, 0.29) is 5.91 Å². The number of aromatic nitrogens is 1. The molecule has 4 nitrogen and oxygen atoms in total. The number of carbonyl (C=O) groups is 1. The van der Waals surface area contributed by atoms with Crippen molar-refractivity contribution < 1.29 is 9.53 Å². The van der Waals surface area contributed by atoms with Gasteiger partial charge in [-0.25, -0.2) is 0 Å². The first kappa shape index (κ1) is 19.3. The van der Waals surface area contributed by atoms with Gasteiger partial charge in [-0.2, -0.15) is 0 Å². The second kappa shape index (κ2) is 8.16. The third-order valence-corrected chi connectivity index (χ3v) is 5.84. The number of methoxy groups -OCH3 is 1. The summed E-state index contributed by atoms with van der Waals surface area (Å²) in [6, 6.07) is 17.9. The Morgan fingerprint density at radius 1 is 1.17 bits per heavy atom. The van der Waals surface area contributed by atoms with Crippen molar-refractivity contribution in [1.29, 1.82) is 0 Å². The van der Waals surface area contributed by atoms with Gasteiger partial charge in [0.25, 0.3) is 5.91 Å². The number of hydrogen-bond acceptors (Lipinski definition) is 2. The lowest BCUT2D eigenvalue weighted by molar-refractivity contribution is 0.0950. The highest BCUT2D eigenvalue weighted by Gasteiger charge is 2.21. The quantitative estimate of drug-likeness (QED) is 0.679. The summed E-state index contributed by atoms with van der Waals surface area (Å²) in [4.78, 5) is 12.6. The molecule has 0 saturated heterocycles. The van der Waals surface area contributed by atoms with E-state index in [2.05, 4.69) is 29.8 Å². The van der Waals surface area contributed by atoms with Gasteiger partial charge >= 0.3 is 0 Å². The molecule has 0 radical (unpaired) electrons. The predicted octanol–water partition coefficient (Wildman–Crippen LogP) is 4.85. The van der Waals surface area contributed by atoms with Crippen molar-refractivity contribution in [3.05, 3.63) is 82.7 Å². The third kappa shape index (κ3) is 3.93. The lowest BCUT2D eigenvalue weighted by atomic mass is 9.89. The number of benzene rings is 2. The molecule has 29 heavy (non-hydrogen) atoms. The van der Waals surface area contributed by atoms with Crippen LogP contribution in [0, 0.1) is 12.8 Å². The number of carbonyl (C=O) groups excluding carboxylic acids is 1. The summed E-state index contributed by atoms with van der Waals surface area (Å²) in [5.41, 5.74) is 6.91. The van der Waals surface area contributed by atoms with Gasteiger partial charge in [0.15, 0.2) is 0 Å². The maximum absolute atomic E-state index is 12.6. The number of ether oxygens (including phenoxy) is 1. The lowest BCUT2D eigenvalue weighted by Crippen LogP contribution is -2.23. The van der Waals surface area contributed by atoms with Crippen molar-refractivity contribution in [2.75, 3.05) is 7.11 Å². The van der Waals surface area contributed by atoms with Crippen molar-refractivity contribution >= 4 is 5.91 Å². The minimum atomic E-state index is -0.0810. The molecule has 4 rings (SSSR count). The van der Waals surface area contributed by atoms with Gasteiger partial charge in [-0.05, 0) is 74.1 Å². The molecule has 150 valence electrons. The Hall–Kier alpha value is -3.01. The van der Waals surface area contributed by atoms with Crippen LogP contribution in [-0.4, -0.2) is 17.6 Å². The molecule has 1 amide bonds. The van der Waals surface area contributed by atoms with E-state index < -0.39 is 0 Å². The minimum Gasteiger partial charge on any atom is -0.496 e. The summed E-state index contributed by atoms with van der Waals surface area (Å²) in [7, 11) is 1.64. The molecule has 1 heterocycles. The van der Waals surface area contributed by atoms with Crippen LogP contribution in [0.4, 0.5) is 0 Å². The molecule has 0 aliphatic heterocycles. The molecule has 0 bridgehead atoms. The molecule has 3 aromatic rings. The number of para-hydroxylation sites is 1. The van der Waals surface area contributed by atoms with Gasteiger partial charge in [-0.15, -0.1) is 0 Å². The topological polar surface area (TPSA) is 43.3 Å². The first-order chi connectivity index (χ1) is 14.1. The van der Waals surface area contributed by atoms with E-state index in [1.807, 2.05) is 48.5 Å². The van der Waals surface area contributed by atoms with E-state index in [9.17, 15) is 4.79 Å². The van der Waals surface area contributed by atoms with Gasteiger partial charge in [0.05, 0.1) is 7.11 Å². The molecule has 0 spiro atoms. The van der Waals surface area contributed by atoms with Crippen LogP contribution in [0.2, 0.25) is 0 Å². The highest BCUT2D eigenvalue weighted by Crippen LogP contribution is 2.30. The zero-order valence-electron chi connectivity index (χ0n) is 17.4. The van der Waals surface area contributed by atoms with E-state index in [1.54, 1.807) is 7.11 Å². The average molecular weight is 389 g/mol. The zero-order valence-corrected chi connectivity index (χ0v) is 17.4. The summed E-state index contributed by atoms with van der Waals surface area (Å²) < 4.78 is 7.69. The first-order valence-corrected chi connectivity index (χ1v) is 10.3. The normalized spacial score (nSPS) is 15.6. The number of amides is 1. The van der Waals surface area contributed by atoms with E-state index in [1.165, 1.54) is 23.4 Å². The standard InChI is InChI=1S/C25H28N2O2/c1-17-8-13-23-21(14-17)15-18(2)27(23)22-11-9-19(10-12-22)25(28)26-16-20-6-4-5-7-24(20)29-3/h4-7,9-12,15,17H,8,13-14,16H2,1-3H3,(H,26,28). The molecule has 1 N–H and O–H groups in total. The fourth-order valence-electron chi connectivity index (χ4n) is 4.31. The van der Waals surface area contributed by atoms with E-state index in [0.717, 1.165) is 35.8 Å². The Labute approximate surface area is 172 Å². The van der Waals surface area contributed by atoms with Crippen LogP contribution in [0.3, 0.4) is 0 Å². The Morgan fingerprint density at radius 3 is 2.69 bits per heavy atom. The van der Waals surface area contributed by atoms with Crippen LogP contribution in [0.1, 0.15) is 46.2 Å². The van der Waals surface area contributed by atoms with Gasteiger partial charge in [-0.3, -0.25) is 4.79 Å². The number of nitrogens with one attached hydrogen (secondary N) is 1. The molecule has 1 unspecified atom stereocenters. The third-order valence-electron chi connectivity index (χ3n) is 5.84. The largest absolute Gasteiger partial charge is 0.496 e. The van der Waals surface area contributed by atoms with Crippen LogP contribution in [-0.2, 0) is 19.4 Å². The molecular formula is C25H28N2O2. The van der Waals surface area contributed by atoms with Crippen molar-refractivity contribution in [1.82, 2.24) is 9.88 Å². The van der Waals surface area contributed by atoms with Gasteiger partial charge in [0.2, 0.25) is 0 Å². The van der Waals surface area contributed by atoms with Crippen LogP contribution in [0.25, 0.3) is 5.69 Å². The van der Waals surface area contributed by atoms with E-state index in [4.69, 9.17) is 4.74 Å². The molecule has 4 heteroatoms. The second-order valence-electron chi connectivity index (χ2n) is 7.98. The maximum atomic E-state index is 12.6. The molecule has 1 atom stereocenters. The molecule has 1 aliphatic carbocycles. The average Bonchev–Trinajstić information content (AvgIpc) is 3.07. The predicted molar refractivity (Wildman–Crippen MR) is 116 cm³/mol. The van der Waals surface area contributed by atoms with E-state index in [0.29, 0.717) is 12.1 Å². The Bertz CT molecular complexity index is 1020. The number of fused-ring (bicyclic) bond motifs is 1. The molecule has 1 aromatic heterocycles. The summed E-state index contributed by atoms with van der Waals surface area (Å²) in [5.74, 6) is 1.46. The SMILES string of the molecule is COc1ccccc1CNC(=O)c1ccc(-n2c(C)cc3c2CCC(C)C3)cc1. The van der Waals surface area contributed by atoms with Gasteiger partial charge in [-0.1, -0.05) is 25.1 Å². The fraction of sp³-hybridized carbons (Fsp3) is 0.320. The molecule has 0 saturated carbocycles. The summed E-state index contributed by atoms with van der Waals surface area (Å²) in [5, 5.41) is 2.98. The van der Waals surface area contributed by atoms with Gasteiger partial charge in [0.1, 0.15) is 5.75 Å². The molecular weight excluding hydrogens is 360 g/mol. The molecule has 0 fully saturated rings. The highest BCUT2D eigenvalue weighted by atomic mass is 16.5. The Kier molecular flexibility index (Phi) is 5.43. The number of rotatable bonds is 5. The van der Waals surface area contributed by atoms with Crippen LogP contribution in [0.15, 0.2) is 54.6 Å². The summed E-state index contributed by atoms with van der Waals surface area (Å²) in [6.07, 6.45) is 3.51. The second-order valence-corrected chi connectivity index (χ2v) is 7.98.